The zero-order chi connectivity index (χ0) is 8.39. The van der Waals surface area contributed by atoms with Crippen LogP contribution >= 0.6 is 0 Å². The summed E-state index contributed by atoms with van der Waals surface area (Å²) in [5.74, 6) is 3.90. The third-order valence-electron chi connectivity index (χ3n) is 1.64. The molecule has 59 valence electrons. The molecule has 2 nitrogen and oxygen atoms in total. The number of terminal acetylenes is 1. The van der Waals surface area contributed by atoms with Gasteiger partial charge in [0.25, 0.3) is 0 Å². The summed E-state index contributed by atoms with van der Waals surface area (Å²) in [7, 11) is 0. The molecule has 0 aromatic heterocycles. The number of hydrogen-bond donors (Lipinski definition) is 0. The van der Waals surface area contributed by atoms with Crippen LogP contribution in [-0.2, 0) is 0 Å². The van der Waals surface area contributed by atoms with Crippen LogP contribution in [0, 0.1) is 19.0 Å². The lowest BCUT2D eigenvalue weighted by Gasteiger charge is -2.18. The fourth-order valence-corrected chi connectivity index (χ4v) is 1.11. The summed E-state index contributed by atoms with van der Waals surface area (Å²) in [6.45, 7) is 2.05. The Morgan fingerprint density at radius 2 is 2.33 bits per heavy atom. The van der Waals surface area contributed by atoms with E-state index in [0.29, 0.717) is 18.1 Å². The van der Waals surface area contributed by atoms with Gasteiger partial charge in [-0.25, -0.2) is 0 Å². The van der Waals surface area contributed by atoms with E-state index in [1.807, 2.05) is 18.2 Å². The highest BCUT2D eigenvalue weighted by molar-refractivity contribution is 5.54. The maximum absolute atomic E-state index is 5.32. The van der Waals surface area contributed by atoms with Gasteiger partial charge in [0.15, 0.2) is 18.1 Å². The number of rotatable bonds is 0. The topological polar surface area (TPSA) is 18.5 Å². The molecule has 0 unspecified atom stereocenters. The minimum atomic E-state index is 0.450. The van der Waals surface area contributed by atoms with E-state index in [-0.39, 0.29) is 0 Å². The molecule has 0 aliphatic carbocycles. The van der Waals surface area contributed by atoms with Crippen molar-refractivity contribution in [2.45, 2.75) is 0 Å². The zero-order valence-corrected chi connectivity index (χ0v) is 6.41. The first-order valence-corrected chi connectivity index (χ1v) is 3.62. The van der Waals surface area contributed by atoms with E-state index in [0.717, 1.165) is 5.56 Å². The van der Waals surface area contributed by atoms with E-state index in [1.165, 1.54) is 0 Å². The smallest absolute Gasteiger partial charge is 0.176 e. The summed E-state index contributed by atoms with van der Waals surface area (Å²) in [6, 6.07) is 5.50. The van der Waals surface area contributed by atoms with Crippen LogP contribution in [0.25, 0.3) is 0 Å². The Labute approximate surface area is 71.1 Å². The number of hydrogen-bond acceptors (Lipinski definition) is 2. The van der Waals surface area contributed by atoms with Gasteiger partial charge in [-0.1, -0.05) is 12.0 Å². The fraction of sp³-hybridized carbons (Fsp3) is 0.100. The van der Waals surface area contributed by atoms with Crippen LogP contribution in [0.5, 0.6) is 11.5 Å². The molecule has 2 heteroatoms. The average Bonchev–Trinajstić information content (AvgIpc) is 2.17. The highest BCUT2D eigenvalue weighted by Gasteiger charge is 2.13. The van der Waals surface area contributed by atoms with Crippen LogP contribution in [0.3, 0.4) is 0 Å². The third kappa shape index (κ3) is 0.998. The Kier molecular flexibility index (Phi) is 1.64. The number of fused-ring (bicyclic) bond motifs is 1. The molecule has 0 atom stereocenters. The molecule has 0 spiro atoms. The Morgan fingerprint density at radius 3 is 3.17 bits per heavy atom. The van der Waals surface area contributed by atoms with Crippen molar-refractivity contribution in [1.82, 2.24) is 0 Å². The molecule has 0 saturated heterocycles. The summed E-state index contributed by atoms with van der Waals surface area (Å²) < 4.78 is 10.5. The maximum Gasteiger partial charge on any atom is 0.176 e. The molecule has 2 rings (SSSR count). The van der Waals surface area contributed by atoms with Crippen LogP contribution in [0.1, 0.15) is 5.56 Å². The Balaban J connectivity index is 2.53. The molecule has 0 fully saturated rings. The quantitative estimate of drug-likeness (QED) is 0.535. The summed E-state index contributed by atoms with van der Waals surface area (Å²) >= 11 is 0. The van der Waals surface area contributed by atoms with Gasteiger partial charge in [-0.15, -0.1) is 6.42 Å². The van der Waals surface area contributed by atoms with Crippen LogP contribution in [-0.4, -0.2) is 6.61 Å². The molecular formula is C10H7O2. The zero-order valence-electron chi connectivity index (χ0n) is 6.41. The predicted molar refractivity (Wildman–Crippen MR) is 44.8 cm³/mol. The highest BCUT2D eigenvalue weighted by Crippen LogP contribution is 2.33. The molecule has 0 N–H and O–H groups in total. The second kappa shape index (κ2) is 2.78. The summed E-state index contributed by atoms with van der Waals surface area (Å²) in [5, 5.41) is 0. The minimum absolute atomic E-state index is 0.450. The van der Waals surface area contributed by atoms with Crippen molar-refractivity contribution in [3.8, 4) is 23.8 Å². The van der Waals surface area contributed by atoms with Gasteiger partial charge in [-0.05, 0) is 12.1 Å². The Bertz CT molecular complexity index is 336. The van der Waals surface area contributed by atoms with E-state index in [9.17, 15) is 0 Å². The second-order valence-corrected chi connectivity index (χ2v) is 2.37. The van der Waals surface area contributed by atoms with Crippen molar-refractivity contribution in [1.29, 1.82) is 0 Å². The molecule has 1 aromatic carbocycles. The van der Waals surface area contributed by atoms with Crippen LogP contribution in [0.15, 0.2) is 18.2 Å². The van der Waals surface area contributed by atoms with Crippen molar-refractivity contribution in [2.75, 3.05) is 6.61 Å². The lowest BCUT2D eigenvalue weighted by Crippen LogP contribution is -2.11. The SMILES string of the molecule is C#Cc1cccc2c1OC[CH]O2. The Hall–Kier alpha value is -1.62. The molecule has 1 aliphatic rings. The second-order valence-electron chi connectivity index (χ2n) is 2.37. The average molecular weight is 159 g/mol. The maximum atomic E-state index is 5.32. The van der Waals surface area contributed by atoms with Crippen molar-refractivity contribution in [3.63, 3.8) is 0 Å². The fourth-order valence-electron chi connectivity index (χ4n) is 1.11. The molecule has 0 amide bonds. The van der Waals surface area contributed by atoms with Gasteiger partial charge in [0.1, 0.15) is 6.61 Å². The van der Waals surface area contributed by atoms with Gasteiger partial charge in [0.2, 0.25) is 0 Å². The molecule has 12 heavy (non-hydrogen) atoms. The van der Waals surface area contributed by atoms with Crippen LogP contribution in [0.4, 0.5) is 0 Å². The molecule has 1 heterocycles. The Morgan fingerprint density at radius 1 is 1.42 bits per heavy atom. The number of benzene rings is 1. The van der Waals surface area contributed by atoms with Gasteiger partial charge >= 0.3 is 0 Å². The van der Waals surface area contributed by atoms with Crippen molar-refractivity contribution < 1.29 is 9.47 Å². The molecule has 0 bridgehead atoms. The minimum Gasteiger partial charge on any atom is -0.484 e. The van der Waals surface area contributed by atoms with Crippen molar-refractivity contribution in [3.05, 3.63) is 30.4 Å². The largest absolute Gasteiger partial charge is 0.484 e. The van der Waals surface area contributed by atoms with Crippen LogP contribution < -0.4 is 9.47 Å². The number of para-hydroxylation sites is 1. The van der Waals surface area contributed by atoms with E-state index < -0.39 is 0 Å². The van der Waals surface area contributed by atoms with E-state index in [2.05, 4.69) is 5.92 Å². The summed E-state index contributed by atoms with van der Waals surface area (Å²) in [4.78, 5) is 0. The molecule has 0 saturated carbocycles. The number of ether oxygens (including phenoxy) is 2. The summed E-state index contributed by atoms with van der Waals surface area (Å²) in [6.07, 6.45) is 5.28. The predicted octanol–water partition coefficient (Wildman–Crippen LogP) is 1.60. The first-order valence-electron chi connectivity index (χ1n) is 3.62. The van der Waals surface area contributed by atoms with E-state index >= 15 is 0 Å². The lowest BCUT2D eigenvalue weighted by molar-refractivity contribution is 0.223. The molecule has 1 aliphatic heterocycles. The van der Waals surface area contributed by atoms with Gasteiger partial charge in [0.05, 0.1) is 5.56 Å². The van der Waals surface area contributed by atoms with Crippen molar-refractivity contribution in [2.24, 2.45) is 0 Å². The first-order chi connectivity index (χ1) is 5.92. The van der Waals surface area contributed by atoms with Crippen molar-refractivity contribution >= 4 is 0 Å². The normalized spacial score (nSPS) is 13.6. The van der Waals surface area contributed by atoms with E-state index in [1.54, 1.807) is 6.61 Å². The third-order valence-corrected chi connectivity index (χ3v) is 1.64. The monoisotopic (exact) mass is 159 g/mol. The van der Waals surface area contributed by atoms with Gasteiger partial charge in [-0.2, -0.15) is 0 Å². The highest BCUT2D eigenvalue weighted by atomic mass is 16.6. The standard InChI is InChI=1S/C10H7O2/c1-2-8-4-3-5-9-10(8)12-7-6-11-9/h1,3-6H,7H2. The first kappa shape index (κ1) is 7.05. The summed E-state index contributed by atoms with van der Waals surface area (Å²) in [5.41, 5.74) is 0.737. The van der Waals surface area contributed by atoms with Gasteiger partial charge < -0.3 is 9.47 Å². The van der Waals surface area contributed by atoms with E-state index in [4.69, 9.17) is 15.9 Å². The van der Waals surface area contributed by atoms with Gasteiger partial charge in [0, 0.05) is 0 Å². The lowest BCUT2D eigenvalue weighted by atomic mass is 10.2. The van der Waals surface area contributed by atoms with Gasteiger partial charge in [-0.3, -0.25) is 0 Å². The molecule has 1 aromatic rings. The molecular weight excluding hydrogens is 152 g/mol. The van der Waals surface area contributed by atoms with Crippen LogP contribution in [0.2, 0.25) is 0 Å². The molecule has 1 radical (unpaired) electrons.